The maximum atomic E-state index is 11.8. The smallest absolute Gasteiger partial charge is 0.410 e. The fourth-order valence-electron chi connectivity index (χ4n) is 2.52. The number of nitrogens with one attached hydrogen (secondary N) is 1. The van der Waals surface area contributed by atoms with Gasteiger partial charge in [0.15, 0.2) is 0 Å². The molecule has 2 aliphatic rings. The number of ether oxygens (including phenoxy) is 1. The summed E-state index contributed by atoms with van der Waals surface area (Å²) in [6.07, 6.45) is -0.169. The predicted molar refractivity (Wildman–Crippen MR) is 62.3 cm³/mol. The van der Waals surface area contributed by atoms with Crippen LogP contribution in [0, 0.1) is 11.3 Å². The highest BCUT2D eigenvalue weighted by Crippen LogP contribution is 2.40. The van der Waals surface area contributed by atoms with Gasteiger partial charge in [0.2, 0.25) is 0 Å². The number of carbonyl (C=O) groups excluding carboxylic acids is 1. The van der Waals surface area contributed by atoms with E-state index in [1.165, 1.54) is 0 Å². The van der Waals surface area contributed by atoms with E-state index in [9.17, 15) is 4.79 Å². The molecule has 4 heteroatoms. The van der Waals surface area contributed by atoms with Gasteiger partial charge in [0.05, 0.1) is 0 Å². The van der Waals surface area contributed by atoms with Crippen molar-refractivity contribution in [3.05, 3.63) is 0 Å². The van der Waals surface area contributed by atoms with Crippen molar-refractivity contribution < 1.29 is 9.53 Å². The van der Waals surface area contributed by atoms with E-state index in [0.29, 0.717) is 11.3 Å². The lowest BCUT2D eigenvalue weighted by molar-refractivity contribution is -0.0404. The molecule has 92 valence electrons. The van der Waals surface area contributed by atoms with E-state index in [0.717, 1.165) is 26.2 Å². The number of nitrogens with zero attached hydrogens (tertiary/aromatic N) is 1. The molecule has 1 N–H and O–H groups in total. The molecule has 4 nitrogen and oxygen atoms in total. The fraction of sp³-hybridized carbons (Fsp3) is 0.917. The summed E-state index contributed by atoms with van der Waals surface area (Å²) in [5.74, 6) is 0.659. The lowest BCUT2D eigenvalue weighted by atomic mass is 9.73. The van der Waals surface area contributed by atoms with E-state index in [-0.39, 0.29) is 11.7 Å². The number of hydrogen-bond acceptors (Lipinski definition) is 3. The van der Waals surface area contributed by atoms with Gasteiger partial charge in [-0.1, -0.05) is 6.92 Å². The van der Waals surface area contributed by atoms with Gasteiger partial charge in [-0.3, -0.25) is 0 Å². The largest absolute Gasteiger partial charge is 0.444 e. The zero-order valence-corrected chi connectivity index (χ0v) is 10.7. The van der Waals surface area contributed by atoms with Gasteiger partial charge in [0.1, 0.15) is 5.60 Å². The highest BCUT2D eigenvalue weighted by Gasteiger charge is 2.51. The van der Waals surface area contributed by atoms with Crippen molar-refractivity contribution in [2.45, 2.75) is 33.3 Å². The molecule has 2 saturated heterocycles. The maximum Gasteiger partial charge on any atom is 0.410 e. The Morgan fingerprint density at radius 2 is 2.06 bits per heavy atom. The summed E-state index contributed by atoms with van der Waals surface area (Å²) in [4.78, 5) is 13.6. The monoisotopic (exact) mass is 226 g/mol. The number of likely N-dealkylation sites (tertiary alicyclic amines) is 1. The van der Waals surface area contributed by atoms with Crippen LogP contribution in [0.4, 0.5) is 4.79 Å². The van der Waals surface area contributed by atoms with Crippen LogP contribution in [0.1, 0.15) is 27.7 Å². The Morgan fingerprint density at radius 3 is 2.50 bits per heavy atom. The average molecular weight is 226 g/mol. The summed E-state index contributed by atoms with van der Waals surface area (Å²) < 4.78 is 5.35. The molecule has 2 aliphatic heterocycles. The van der Waals surface area contributed by atoms with Crippen molar-refractivity contribution in [3.63, 3.8) is 0 Å². The molecule has 0 bridgehead atoms. The molecule has 0 unspecified atom stereocenters. The Morgan fingerprint density at radius 1 is 1.44 bits per heavy atom. The van der Waals surface area contributed by atoms with Gasteiger partial charge in [0.25, 0.3) is 0 Å². The van der Waals surface area contributed by atoms with E-state index in [1.807, 2.05) is 25.7 Å². The second-order valence-electron chi connectivity index (χ2n) is 6.23. The Labute approximate surface area is 97.3 Å². The van der Waals surface area contributed by atoms with E-state index in [2.05, 4.69) is 12.2 Å². The molecule has 1 amide bonds. The summed E-state index contributed by atoms with van der Waals surface area (Å²) in [5, 5.41) is 3.39. The minimum absolute atomic E-state index is 0.169. The van der Waals surface area contributed by atoms with Crippen LogP contribution in [-0.2, 0) is 4.74 Å². The van der Waals surface area contributed by atoms with E-state index in [4.69, 9.17) is 4.74 Å². The molecule has 0 aromatic heterocycles. The number of rotatable bonds is 0. The first-order chi connectivity index (χ1) is 7.32. The molecule has 1 atom stereocenters. The summed E-state index contributed by atoms with van der Waals surface area (Å²) in [5.41, 5.74) is -0.0731. The van der Waals surface area contributed by atoms with Crippen LogP contribution in [0.25, 0.3) is 0 Å². The second kappa shape index (κ2) is 3.62. The minimum atomic E-state index is -0.390. The van der Waals surface area contributed by atoms with Crippen molar-refractivity contribution >= 4 is 6.09 Å². The van der Waals surface area contributed by atoms with Gasteiger partial charge in [-0.2, -0.15) is 0 Å². The SMILES string of the molecule is C[C@H]1CNCC12CN(C(=O)OC(C)(C)C)C2. The van der Waals surface area contributed by atoms with Gasteiger partial charge < -0.3 is 15.0 Å². The third-order valence-corrected chi connectivity index (χ3v) is 3.64. The first-order valence-corrected chi connectivity index (χ1v) is 6.01. The minimum Gasteiger partial charge on any atom is -0.444 e. The van der Waals surface area contributed by atoms with Crippen molar-refractivity contribution in [1.29, 1.82) is 0 Å². The highest BCUT2D eigenvalue weighted by atomic mass is 16.6. The van der Waals surface area contributed by atoms with Crippen LogP contribution in [-0.4, -0.2) is 42.8 Å². The standard InChI is InChI=1S/C12H22N2O2/c1-9-5-13-6-12(9)7-14(8-12)10(15)16-11(2,3)4/h9,13H,5-8H2,1-4H3/t9-/m0/s1. The first-order valence-electron chi connectivity index (χ1n) is 6.01. The van der Waals surface area contributed by atoms with Gasteiger partial charge in [-0.05, 0) is 33.2 Å². The average Bonchev–Trinajstić information content (AvgIpc) is 2.40. The summed E-state index contributed by atoms with van der Waals surface area (Å²) in [6.45, 7) is 11.8. The molecule has 0 aliphatic carbocycles. The number of hydrogen-bond donors (Lipinski definition) is 1. The van der Waals surface area contributed by atoms with E-state index in [1.54, 1.807) is 0 Å². The Kier molecular flexibility index (Phi) is 2.65. The van der Waals surface area contributed by atoms with Crippen LogP contribution >= 0.6 is 0 Å². The second-order valence-corrected chi connectivity index (χ2v) is 6.23. The van der Waals surface area contributed by atoms with Crippen molar-refractivity contribution in [3.8, 4) is 0 Å². The Hall–Kier alpha value is -0.770. The van der Waals surface area contributed by atoms with Crippen LogP contribution < -0.4 is 5.32 Å². The highest BCUT2D eigenvalue weighted by molar-refractivity contribution is 5.69. The Balaban J connectivity index is 1.86. The van der Waals surface area contributed by atoms with Crippen molar-refractivity contribution in [2.75, 3.05) is 26.2 Å². The predicted octanol–water partition coefficient (Wildman–Crippen LogP) is 1.46. The van der Waals surface area contributed by atoms with Crippen LogP contribution in [0.3, 0.4) is 0 Å². The van der Waals surface area contributed by atoms with E-state index < -0.39 is 0 Å². The summed E-state index contributed by atoms with van der Waals surface area (Å²) >= 11 is 0. The lowest BCUT2D eigenvalue weighted by Gasteiger charge is -2.50. The van der Waals surface area contributed by atoms with E-state index >= 15 is 0 Å². The third-order valence-electron chi connectivity index (χ3n) is 3.64. The summed E-state index contributed by atoms with van der Waals surface area (Å²) in [7, 11) is 0. The topological polar surface area (TPSA) is 41.6 Å². The third kappa shape index (κ3) is 2.03. The molecule has 0 aromatic rings. The Bertz CT molecular complexity index is 290. The van der Waals surface area contributed by atoms with Crippen LogP contribution in [0.5, 0.6) is 0 Å². The molecule has 0 aromatic carbocycles. The zero-order valence-electron chi connectivity index (χ0n) is 10.7. The van der Waals surface area contributed by atoms with Gasteiger partial charge in [0, 0.05) is 25.0 Å². The summed E-state index contributed by atoms with van der Waals surface area (Å²) in [6, 6.07) is 0. The quantitative estimate of drug-likeness (QED) is 0.680. The normalized spacial score (nSPS) is 28.0. The molecule has 2 heterocycles. The number of amides is 1. The van der Waals surface area contributed by atoms with Gasteiger partial charge >= 0.3 is 6.09 Å². The first kappa shape index (κ1) is 11.7. The molecule has 0 radical (unpaired) electrons. The zero-order chi connectivity index (χ0) is 12.0. The van der Waals surface area contributed by atoms with Crippen molar-refractivity contribution in [2.24, 2.45) is 11.3 Å². The molecule has 0 saturated carbocycles. The fourth-order valence-corrected chi connectivity index (χ4v) is 2.52. The van der Waals surface area contributed by atoms with Crippen molar-refractivity contribution in [1.82, 2.24) is 10.2 Å². The molecular formula is C12H22N2O2. The maximum absolute atomic E-state index is 11.8. The molecule has 16 heavy (non-hydrogen) atoms. The van der Waals surface area contributed by atoms with Crippen LogP contribution in [0.2, 0.25) is 0 Å². The van der Waals surface area contributed by atoms with Gasteiger partial charge in [-0.15, -0.1) is 0 Å². The molecule has 2 fully saturated rings. The molecule has 1 spiro atoms. The molecule has 2 rings (SSSR count). The molecular weight excluding hydrogens is 204 g/mol. The lowest BCUT2D eigenvalue weighted by Crippen LogP contribution is -2.62. The number of carbonyl (C=O) groups is 1. The van der Waals surface area contributed by atoms with Gasteiger partial charge in [-0.25, -0.2) is 4.79 Å². The van der Waals surface area contributed by atoms with Crippen LogP contribution in [0.15, 0.2) is 0 Å².